The highest BCUT2D eigenvalue weighted by Crippen LogP contribution is 2.25. The molecule has 3 N–H and O–H groups in total. The number of anilines is 2. The first-order valence-corrected chi connectivity index (χ1v) is 12.7. The van der Waals surface area contributed by atoms with Crippen molar-refractivity contribution in [3.63, 3.8) is 0 Å². The van der Waals surface area contributed by atoms with Crippen LogP contribution in [0.3, 0.4) is 0 Å². The summed E-state index contributed by atoms with van der Waals surface area (Å²) >= 11 is 6.24. The predicted octanol–water partition coefficient (Wildman–Crippen LogP) is 5.22. The number of furan rings is 1. The van der Waals surface area contributed by atoms with E-state index in [1.807, 2.05) is 6.92 Å². The van der Waals surface area contributed by atoms with E-state index in [2.05, 4.69) is 15.4 Å². The van der Waals surface area contributed by atoms with Gasteiger partial charge in [-0.2, -0.15) is 0 Å². The largest absolute Gasteiger partial charge is 0.467 e. The third-order valence-corrected chi connectivity index (χ3v) is 6.94. The quantitative estimate of drug-likeness (QED) is 0.292. The van der Waals surface area contributed by atoms with Crippen molar-refractivity contribution in [2.45, 2.75) is 18.4 Å². The van der Waals surface area contributed by atoms with Crippen molar-refractivity contribution in [1.82, 2.24) is 5.32 Å². The molecule has 8 nitrogen and oxygen atoms in total. The van der Waals surface area contributed by atoms with Gasteiger partial charge in [-0.25, -0.2) is 8.42 Å². The van der Waals surface area contributed by atoms with Crippen molar-refractivity contribution in [1.29, 1.82) is 0 Å². The standard InChI is InChI=1S/C26H22ClN3O5S/c1-17-8-11-20(12-9-17)36(33,34)30-18-10-13-23(27)22(15-18)26(32)29-24-7-3-2-6-21(24)25(31)28-16-19-5-4-14-35-19/h2-15,30H,16H2,1H3,(H,28,31)(H,29,32). The molecular formula is C26H22ClN3O5S. The Morgan fingerprint density at radius 1 is 0.889 bits per heavy atom. The van der Waals surface area contributed by atoms with Crippen molar-refractivity contribution in [3.05, 3.63) is 113 Å². The number of amides is 2. The van der Waals surface area contributed by atoms with Gasteiger partial charge in [0, 0.05) is 5.69 Å². The molecule has 3 aromatic carbocycles. The average molecular weight is 524 g/mol. The van der Waals surface area contributed by atoms with Gasteiger partial charge in [-0.1, -0.05) is 41.4 Å². The van der Waals surface area contributed by atoms with E-state index in [1.54, 1.807) is 48.5 Å². The maximum atomic E-state index is 13.1. The van der Waals surface area contributed by atoms with Gasteiger partial charge in [-0.15, -0.1) is 0 Å². The van der Waals surface area contributed by atoms with Crippen LogP contribution in [0.25, 0.3) is 0 Å². The molecule has 4 aromatic rings. The molecule has 0 fully saturated rings. The zero-order chi connectivity index (χ0) is 25.7. The summed E-state index contributed by atoms with van der Waals surface area (Å²) in [4.78, 5) is 25.9. The van der Waals surface area contributed by atoms with Gasteiger partial charge >= 0.3 is 0 Å². The van der Waals surface area contributed by atoms with Crippen LogP contribution in [-0.4, -0.2) is 20.2 Å². The van der Waals surface area contributed by atoms with Gasteiger partial charge < -0.3 is 15.1 Å². The maximum Gasteiger partial charge on any atom is 0.261 e. The second-order valence-corrected chi connectivity index (χ2v) is 9.96. The molecule has 0 aliphatic rings. The van der Waals surface area contributed by atoms with Crippen LogP contribution in [0.1, 0.15) is 32.0 Å². The lowest BCUT2D eigenvalue weighted by Gasteiger charge is -2.13. The summed E-state index contributed by atoms with van der Waals surface area (Å²) in [6.45, 7) is 2.04. The summed E-state index contributed by atoms with van der Waals surface area (Å²) in [6, 6.07) is 20.5. The molecule has 184 valence electrons. The highest BCUT2D eigenvalue weighted by Gasteiger charge is 2.19. The molecule has 2 amide bonds. The van der Waals surface area contributed by atoms with Crippen LogP contribution >= 0.6 is 11.6 Å². The van der Waals surface area contributed by atoms with E-state index in [0.717, 1.165) is 5.56 Å². The number of hydrogen-bond acceptors (Lipinski definition) is 5. The number of para-hydroxylation sites is 1. The summed E-state index contributed by atoms with van der Waals surface area (Å²) in [6.07, 6.45) is 1.51. The van der Waals surface area contributed by atoms with E-state index >= 15 is 0 Å². The fraction of sp³-hybridized carbons (Fsp3) is 0.0769. The second kappa shape index (κ2) is 10.7. The molecule has 0 saturated heterocycles. The smallest absolute Gasteiger partial charge is 0.261 e. The predicted molar refractivity (Wildman–Crippen MR) is 138 cm³/mol. The number of rotatable bonds is 8. The van der Waals surface area contributed by atoms with Crippen LogP contribution in [0.5, 0.6) is 0 Å². The lowest BCUT2D eigenvalue weighted by atomic mass is 10.1. The maximum absolute atomic E-state index is 13.1. The Morgan fingerprint density at radius 2 is 1.64 bits per heavy atom. The van der Waals surface area contributed by atoms with Crippen molar-refractivity contribution in [2.24, 2.45) is 0 Å². The van der Waals surface area contributed by atoms with Crippen LogP contribution < -0.4 is 15.4 Å². The summed E-state index contributed by atoms with van der Waals surface area (Å²) in [7, 11) is -3.87. The van der Waals surface area contributed by atoms with Crippen LogP contribution in [-0.2, 0) is 16.6 Å². The van der Waals surface area contributed by atoms with E-state index < -0.39 is 21.8 Å². The number of halogens is 1. The van der Waals surface area contributed by atoms with E-state index in [-0.39, 0.29) is 39.0 Å². The Hall–Kier alpha value is -4.08. The van der Waals surface area contributed by atoms with Crippen LogP contribution in [0.4, 0.5) is 11.4 Å². The number of nitrogens with one attached hydrogen (secondary N) is 3. The van der Waals surface area contributed by atoms with E-state index in [9.17, 15) is 18.0 Å². The van der Waals surface area contributed by atoms with Gasteiger partial charge in [0.05, 0.1) is 39.5 Å². The monoisotopic (exact) mass is 523 g/mol. The molecule has 0 aliphatic carbocycles. The number of sulfonamides is 1. The van der Waals surface area contributed by atoms with E-state index in [4.69, 9.17) is 16.0 Å². The van der Waals surface area contributed by atoms with Gasteiger partial charge in [0.1, 0.15) is 5.76 Å². The minimum Gasteiger partial charge on any atom is -0.467 e. The molecule has 0 aliphatic heterocycles. The Labute approximate surface area is 213 Å². The van der Waals surface area contributed by atoms with Crippen LogP contribution in [0, 0.1) is 6.92 Å². The van der Waals surface area contributed by atoms with Gasteiger partial charge in [0.2, 0.25) is 0 Å². The van der Waals surface area contributed by atoms with Crippen molar-refractivity contribution in [2.75, 3.05) is 10.0 Å². The Balaban J connectivity index is 1.52. The summed E-state index contributed by atoms with van der Waals surface area (Å²) in [5, 5.41) is 5.53. The molecule has 36 heavy (non-hydrogen) atoms. The van der Waals surface area contributed by atoms with Gasteiger partial charge in [0.15, 0.2) is 0 Å². The third kappa shape index (κ3) is 5.94. The van der Waals surface area contributed by atoms with Crippen molar-refractivity contribution in [3.8, 4) is 0 Å². The third-order valence-electron chi connectivity index (χ3n) is 5.22. The van der Waals surface area contributed by atoms with Crippen LogP contribution in [0.2, 0.25) is 5.02 Å². The molecule has 0 unspecified atom stereocenters. The fourth-order valence-electron chi connectivity index (χ4n) is 3.35. The summed E-state index contributed by atoms with van der Waals surface area (Å²) < 4.78 is 33.2. The topological polar surface area (TPSA) is 118 Å². The first-order chi connectivity index (χ1) is 17.2. The molecule has 10 heteroatoms. The van der Waals surface area contributed by atoms with E-state index in [1.165, 1.54) is 36.6 Å². The fourth-order valence-corrected chi connectivity index (χ4v) is 4.60. The zero-order valence-corrected chi connectivity index (χ0v) is 20.7. The highest BCUT2D eigenvalue weighted by atomic mass is 35.5. The SMILES string of the molecule is Cc1ccc(S(=O)(=O)Nc2ccc(Cl)c(C(=O)Nc3ccccc3C(=O)NCc3ccco3)c2)cc1. The minimum absolute atomic E-state index is 0.0339. The summed E-state index contributed by atoms with van der Waals surface area (Å²) in [5.74, 6) is -0.433. The van der Waals surface area contributed by atoms with Crippen LogP contribution in [0.15, 0.2) is 94.4 Å². The lowest BCUT2D eigenvalue weighted by Crippen LogP contribution is -2.24. The Morgan fingerprint density at radius 3 is 2.36 bits per heavy atom. The van der Waals surface area contributed by atoms with Gasteiger partial charge in [-0.05, 0) is 61.5 Å². The summed E-state index contributed by atoms with van der Waals surface area (Å²) in [5.41, 5.74) is 1.63. The highest BCUT2D eigenvalue weighted by molar-refractivity contribution is 7.92. The Bertz CT molecular complexity index is 1500. The first kappa shape index (κ1) is 25.0. The molecule has 1 aromatic heterocycles. The molecule has 0 spiro atoms. The first-order valence-electron chi connectivity index (χ1n) is 10.8. The molecule has 0 radical (unpaired) electrons. The van der Waals surface area contributed by atoms with Crippen molar-refractivity contribution < 1.29 is 22.4 Å². The number of hydrogen-bond donors (Lipinski definition) is 3. The van der Waals surface area contributed by atoms with Crippen molar-refractivity contribution >= 4 is 44.8 Å². The molecule has 4 rings (SSSR count). The molecular weight excluding hydrogens is 502 g/mol. The molecule has 0 atom stereocenters. The number of carbonyl (C=O) groups is 2. The second-order valence-electron chi connectivity index (χ2n) is 7.87. The zero-order valence-electron chi connectivity index (χ0n) is 19.1. The molecule has 0 saturated carbocycles. The number of benzene rings is 3. The average Bonchev–Trinajstić information content (AvgIpc) is 3.38. The lowest BCUT2D eigenvalue weighted by molar-refractivity contribution is 0.0949. The normalized spacial score (nSPS) is 11.1. The molecule has 0 bridgehead atoms. The molecule has 1 heterocycles. The minimum atomic E-state index is -3.87. The van der Waals surface area contributed by atoms with E-state index in [0.29, 0.717) is 5.76 Å². The van der Waals surface area contributed by atoms with Gasteiger partial charge in [0.25, 0.3) is 21.8 Å². The van der Waals surface area contributed by atoms with Gasteiger partial charge in [-0.3, -0.25) is 14.3 Å². The number of carbonyl (C=O) groups excluding carboxylic acids is 2. The number of aryl methyl sites for hydroxylation is 1. The Kier molecular flexibility index (Phi) is 7.42.